The average Bonchev–Trinajstić information content (AvgIpc) is 2.44. The number of anilines is 1. The van der Waals surface area contributed by atoms with Crippen LogP contribution in [0, 0.1) is 12.7 Å². The third-order valence-electron chi connectivity index (χ3n) is 2.93. The third-order valence-corrected chi connectivity index (χ3v) is 4.16. The highest BCUT2D eigenvalue weighted by Crippen LogP contribution is 2.27. The van der Waals surface area contributed by atoms with Gasteiger partial charge in [-0.1, -0.05) is 0 Å². The van der Waals surface area contributed by atoms with Gasteiger partial charge in [0.05, 0.1) is 16.1 Å². The molecule has 0 atom stereocenters. The highest BCUT2D eigenvalue weighted by Gasteiger charge is 2.12. The standard InChI is InChI=1S/C15H12Br2FNO2/c1-8-5-10(16)12(18)7-13(8)19-15(20)9-3-4-14(21-2)11(17)6-9/h3-7H,1-2H3,(H,19,20). The number of hydrogen-bond acceptors (Lipinski definition) is 2. The highest BCUT2D eigenvalue weighted by molar-refractivity contribution is 9.10. The lowest BCUT2D eigenvalue weighted by Gasteiger charge is -2.10. The SMILES string of the molecule is COc1ccc(C(=O)Nc2cc(F)c(Br)cc2C)cc1Br. The molecule has 0 aromatic heterocycles. The summed E-state index contributed by atoms with van der Waals surface area (Å²) in [6, 6.07) is 7.89. The Labute approximate surface area is 138 Å². The van der Waals surface area contributed by atoms with Gasteiger partial charge in [0.2, 0.25) is 0 Å². The van der Waals surface area contributed by atoms with Crippen LogP contribution in [0.15, 0.2) is 39.3 Å². The van der Waals surface area contributed by atoms with E-state index in [9.17, 15) is 9.18 Å². The van der Waals surface area contributed by atoms with Gasteiger partial charge in [-0.3, -0.25) is 4.79 Å². The van der Waals surface area contributed by atoms with Crippen molar-refractivity contribution in [2.75, 3.05) is 12.4 Å². The largest absolute Gasteiger partial charge is 0.496 e. The minimum Gasteiger partial charge on any atom is -0.496 e. The number of benzene rings is 2. The smallest absolute Gasteiger partial charge is 0.255 e. The summed E-state index contributed by atoms with van der Waals surface area (Å²) >= 11 is 6.43. The minimum absolute atomic E-state index is 0.317. The maximum absolute atomic E-state index is 13.6. The van der Waals surface area contributed by atoms with Gasteiger partial charge >= 0.3 is 0 Å². The molecule has 0 saturated carbocycles. The zero-order valence-corrected chi connectivity index (χ0v) is 14.5. The van der Waals surface area contributed by atoms with Crippen molar-refractivity contribution in [3.63, 3.8) is 0 Å². The first-order valence-corrected chi connectivity index (χ1v) is 7.61. The van der Waals surface area contributed by atoms with Gasteiger partial charge < -0.3 is 10.1 Å². The molecule has 0 heterocycles. The van der Waals surface area contributed by atoms with Crippen LogP contribution in [0.2, 0.25) is 0 Å². The van der Waals surface area contributed by atoms with Crippen LogP contribution in [0.3, 0.4) is 0 Å². The first-order chi connectivity index (χ1) is 9.92. The first kappa shape index (κ1) is 16.0. The number of aryl methyl sites for hydroxylation is 1. The molecule has 0 saturated heterocycles. The molecule has 2 aromatic rings. The van der Waals surface area contributed by atoms with Gasteiger partial charge in [-0.05, 0) is 74.7 Å². The van der Waals surface area contributed by atoms with E-state index in [0.717, 1.165) is 5.56 Å². The second-order valence-electron chi connectivity index (χ2n) is 4.38. The summed E-state index contributed by atoms with van der Waals surface area (Å²) in [5.74, 6) is -0.104. The molecule has 0 spiro atoms. The molecule has 21 heavy (non-hydrogen) atoms. The lowest BCUT2D eigenvalue weighted by atomic mass is 10.1. The van der Waals surface area contributed by atoms with Gasteiger partial charge in [0, 0.05) is 11.3 Å². The van der Waals surface area contributed by atoms with Crippen LogP contribution < -0.4 is 10.1 Å². The monoisotopic (exact) mass is 415 g/mol. The average molecular weight is 417 g/mol. The van der Waals surface area contributed by atoms with E-state index in [4.69, 9.17) is 4.74 Å². The quantitative estimate of drug-likeness (QED) is 0.771. The molecule has 0 aliphatic carbocycles. The number of amides is 1. The fourth-order valence-electron chi connectivity index (χ4n) is 1.78. The molecular weight excluding hydrogens is 405 g/mol. The molecule has 3 nitrogen and oxygen atoms in total. The van der Waals surface area contributed by atoms with E-state index in [2.05, 4.69) is 37.2 Å². The van der Waals surface area contributed by atoms with Crippen molar-refractivity contribution >= 4 is 43.5 Å². The molecule has 0 fully saturated rings. The minimum atomic E-state index is -0.424. The van der Waals surface area contributed by atoms with Crippen LogP contribution in [0.1, 0.15) is 15.9 Å². The molecule has 1 N–H and O–H groups in total. The van der Waals surface area contributed by atoms with Crippen LogP contribution in [-0.2, 0) is 0 Å². The van der Waals surface area contributed by atoms with Crippen molar-refractivity contribution in [2.45, 2.75) is 6.92 Å². The third kappa shape index (κ3) is 3.63. The Kier molecular flexibility index (Phi) is 5.00. The van der Waals surface area contributed by atoms with E-state index in [-0.39, 0.29) is 5.91 Å². The Morgan fingerprint density at radius 1 is 1.19 bits per heavy atom. The van der Waals surface area contributed by atoms with Crippen LogP contribution in [0.4, 0.5) is 10.1 Å². The van der Waals surface area contributed by atoms with Crippen molar-refractivity contribution in [2.24, 2.45) is 0 Å². The summed E-state index contributed by atoms with van der Waals surface area (Å²) in [4.78, 5) is 12.2. The summed E-state index contributed by atoms with van der Waals surface area (Å²) in [6.45, 7) is 1.80. The number of nitrogens with one attached hydrogen (secondary N) is 1. The Bertz CT molecular complexity index is 704. The Hall–Kier alpha value is -1.40. The number of rotatable bonds is 3. The van der Waals surface area contributed by atoms with Crippen LogP contribution in [0.25, 0.3) is 0 Å². The van der Waals surface area contributed by atoms with Gasteiger partial charge in [-0.2, -0.15) is 0 Å². The molecular formula is C15H12Br2FNO2. The van der Waals surface area contributed by atoms with Gasteiger partial charge in [0.25, 0.3) is 5.91 Å². The molecule has 0 aliphatic rings. The molecule has 1 amide bonds. The van der Waals surface area contributed by atoms with E-state index in [1.54, 1.807) is 38.3 Å². The fraction of sp³-hybridized carbons (Fsp3) is 0.133. The topological polar surface area (TPSA) is 38.3 Å². The summed E-state index contributed by atoms with van der Waals surface area (Å²) in [5, 5.41) is 2.70. The summed E-state index contributed by atoms with van der Waals surface area (Å²) in [7, 11) is 1.55. The lowest BCUT2D eigenvalue weighted by molar-refractivity contribution is 0.102. The second kappa shape index (κ2) is 6.58. The van der Waals surface area contributed by atoms with E-state index in [1.807, 2.05) is 0 Å². The van der Waals surface area contributed by atoms with E-state index in [1.165, 1.54) is 6.07 Å². The van der Waals surface area contributed by atoms with Crippen molar-refractivity contribution in [1.82, 2.24) is 0 Å². The normalized spacial score (nSPS) is 10.3. The molecule has 0 bridgehead atoms. The van der Waals surface area contributed by atoms with Crippen molar-refractivity contribution < 1.29 is 13.9 Å². The van der Waals surface area contributed by atoms with Gasteiger partial charge in [0.15, 0.2) is 0 Å². The number of halogens is 3. The second-order valence-corrected chi connectivity index (χ2v) is 6.09. The summed E-state index contributed by atoms with van der Waals surface area (Å²) < 4.78 is 19.7. The summed E-state index contributed by atoms with van der Waals surface area (Å²) in [6.07, 6.45) is 0. The molecule has 0 aliphatic heterocycles. The first-order valence-electron chi connectivity index (χ1n) is 6.03. The zero-order valence-electron chi connectivity index (χ0n) is 11.3. The number of hydrogen-bond donors (Lipinski definition) is 1. The van der Waals surface area contributed by atoms with Crippen molar-refractivity contribution in [3.05, 3.63) is 56.2 Å². The Morgan fingerprint density at radius 3 is 2.52 bits per heavy atom. The summed E-state index contributed by atoms with van der Waals surface area (Å²) in [5.41, 5.74) is 1.65. The van der Waals surface area contributed by atoms with Gasteiger partial charge in [0.1, 0.15) is 11.6 Å². The highest BCUT2D eigenvalue weighted by atomic mass is 79.9. The molecule has 6 heteroatoms. The molecule has 2 rings (SSSR count). The van der Waals surface area contributed by atoms with Gasteiger partial charge in [-0.15, -0.1) is 0 Å². The maximum Gasteiger partial charge on any atom is 0.255 e. The Morgan fingerprint density at radius 2 is 1.90 bits per heavy atom. The molecule has 110 valence electrons. The number of methoxy groups -OCH3 is 1. The molecule has 0 radical (unpaired) electrons. The van der Waals surface area contributed by atoms with Crippen LogP contribution in [0.5, 0.6) is 5.75 Å². The van der Waals surface area contributed by atoms with E-state index >= 15 is 0 Å². The maximum atomic E-state index is 13.6. The van der Waals surface area contributed by atoms with Crippen LogP contribution in [-0.4, -0.2) is 13.0 Å². The predicted octanol–water partition coefficient (Wildman–Crippen LogP) is 4.92. The van der Waals surface area contributed by atoms with Crippen molar-refractivity contribution in [1.29, 1.82) is 0 Å². The van der Waals surface area contributed by atoms with E-state index < -0.39 is 5.82 Å². The lowest BCUT2D eigenvalue weighted by Crippen LogP contribution is -2.13. The zero-order chi connectivity index (χ0) is 15.6. The van der Waals surface area contributed by atoms with Crippen LogP contribution >= 0.6 is 31.9 Å². The number of carbonyl (C=O) groups is 1. The Balaban J connectivity index is 2.26. The predicted molar refractivity (Wildman–Crippen MR) is 87.5 cm³/mol. The van der Waals surface area contributed by atoms with Gasteiger partial charge in [-0.25, -0.2) is 4.39 Å². The number of ether oxygens (including phenoxy) is 1. The van der Waals surface area contributed by atoms with E-state index in [0.29, 0.717) is 25.9 Å². The van der Waals surface area contributed by atoms with Crippen molar-refractivity contribution in [3.8, 4) is 5.75 Å². The number of carbonyl (C=O) groups excluding carboxylic acids is 1. The fourth-order valence-corrected chi connectivity index (χ4v) is 2.78. The molecule has 0 unspecified atom stereocenters. The molecule has 2 aromatic carbocycles.